The van der Waals surface area contributed by atoms with Gasteiger partial charge in [0.05, 0.1) is 0 Å². The molecule has 0 aliphatic heterocycles. The number of nitrogens with one attached hydrogen (secondary N) is 2. The zero-order valence-electron chi connectivity index (χ0n) is 17.4. The standard InChI is InChI=1S/C21H37N3O4/c1-4-5-6-7-8-11-19(25)24-18(15-16(2)3)21(28)23-17(10-9-14-22)12-13-20(26)27/h8,11-13,16-18H,4-7,9-10,14-15,22H2,1-3H3,(H,23,28)(H,24,25)(H,26,27)/b11-8+,13-12+/t17-,18-/m0/s1. The predicted octanol–water partition coefficient (Wildman–Crippen LogP) is 2.52. The van der Waals surface area contributed by atoms with Crippen molar-refractivity contribution < 1.29 is 19.5 Å². The van der Waals surface area contributed by atoms with Crippen LogP contribution in [0.25, 0.3) is 0 Å². The first-order valence-electron chi connectivity index (χ1n) is 10.2. The number of aliphatic carboxylic acids is 1. The highest BCUT2D eigenvalue weighted by Gasteiger charge is 2.23. The Labute approximate surface area is 168 Å². The average molecular weight is 396 g/mol. The van der Waals surface area contributed by atoms with E-state index in [0.29, 0.717) is 25.8 Å². The molecule has 7 heteroatoms. The van der Waals surface area contributed by atoms with Gasteiger partial charge in [-0.1, -0.05) is 45.8 Å². The molecule has 160 valence electrons. The highest BCUT2D eigenvalue weighted by molar-refractivity contribution is 5.93. The molecule has 0 aromatic rings. The molecule has 0 saturated heterocycles. The number of carboxylic acid groups (broad SMARTS) is 1. The molecule has 5 N–H and O–H groups in total. The van der Waals surface area contributed by atoms with Crippen LogP contribution in [0.2, 0.25) is 0 Å². The van der Waals surface area contributed by atoms with Crippen LogP contribution in [0.15, 0.2) is 24.3 Å². The van der Waals surface area contributed by atoms with Crippen molar-refractivity contribution in [3.63, 3.8) is 0 Å². The molecular formula is C21H37N3O4. The lowest BCUT2D eigenvalue weighted by Gasteiger charge is -2.22. The molecule has 0 aromatic carbocycles. The number of unbranched alkanes of at least 4 members (excludes halogenated alkanes) is 3. The lowest BCUT2D eigenvalue weighted by Crippen LogP contribution is -2.49. The number of hydrogen-bond donors (Lipinski definition) is 4. The number of hydrogen-bond acceptors (Lipinski definition) is 4. The molecule has 0 fully saturated rings. The Morgan fingerprint density at radius 1 is 1.07 bits per heavy atom. The van der Waals surface area contributed by atoms with Crippen LogP contribution in [0.5, 0.6) is 0 Å². The molecule has 0 spiro atoms. The summed E-state index contributed by atoms with van der Waals surface area (Å²) in [5, 5.41) is 14.4. The molecule has 0 unspecified atom stereocenters. The molecule has 0 heterocycles. The molecule has 28 heavy (non-hydrogen) atoms. The predicted molar refractivity (Wildman–Crippen MR) is 112 cm³/mol. The molecular weight excluding hydrogens is 358 g/mol. The van der Waals surface area contributed by atoms with Gasteiger partial charge in [-0.25, -0.2) is 4.79 Å². The lowest BCUT2D eigenvalue weighted by molar-refractivity contribution is -0.131. The second kappa shape index (κ2) is 15.9. The summed E-state index contributed by atoms with van der Waals surface area (Å²) >= 11 is 0. The zero-order chi connectivity index (χ0) is 21.4. The summed E-state index contributed by atoms with van der Waals surface area (Å²) in [7, 11) is 0. The van der Waals surface area contributed by atoms with E-state index in [1.807, 2.05) is 19.9 Å². The molecule has 0 radical (unpaired) electrons. The van der Waals surface area contributed by atoms with Gasteiger partial charge >= 0.3 is 5.97 Å². The molecule has 0 aliphatic carbocycles. The van der Waals surface area contributed by atoms with Crippen molar-refractivity contribution in [2.75, 3.05) is 6.54 Å². The number of allylic oxidation sites excluding steroid dienone is 1. The van der Waals surface area contributed by atoms with E-state index in [1.165, 1.54) is 12.2 Å². The van der Waals surface area contributed by atoms with E-state index in [4.69, 9.17) is 10.8 Å². The number of carboxylic acids is 1. The van der Waals surface area contributed by atoms with Crippen molar-refractivity contribution in [1.29, 1.82) is 0 Å². The summed E-state index contributed by atoms with van der Waals surface area (Å²) in [5.41, 5.74) is 5.51. The molecule has 0 rings (SSSR count). The summed E-state index contributed by atoms with van der Waals surface area (Å²) in [6.45, 7) is 6.52. The van der Waals surface area contributed by atoms with E-state index in [0.717, 1.165) is 31.8 Å². The Bertz CT molecular complexity index is 530. The number of rotatable bonds is 15. The van der Waals surface area contributed by atoms with Gasteiger partial charge in [-0.05, 0) is 50.6 Å². The Hall–Kier alpha value is -2.15. The van der Waals surface area contributed by atoms with Gasteiger partial charge < -0.3 is 21.5 Å². The Morgan fingerprint density at radius 3 is 2.36 bits per heavy atom. The first-order chi connectivity index (χ1) is 13.3. The molecule has 2 atom stereocenters. The van der Waals surface area contributed by atoms with Crippen molar-refractivity contribution in [3.8, 4) is 0 Å². The third kappa shape index (κ3) is 14.0. The van der Waals surface area contributed by atoms with Crippen LogP contribution in [0.3, 0.4) is 0 Å². The summed E-state index contributed by atoms with van der Waals surface area (Å²) in [6, 6.07) is -1.12. The van der Waals surface area contributed by atoms with Crippen LogP contribution in [-0.4, -0.2) is 41.5 Å². The smallest absolute Gasteiger partial charge is 0.328 e. The van der Waals surface area contributed by atoms with Crippen LogP contribution < -0.4 is 16.4 Å². The number of carbonyl (C=O) groups excluding carboxylic acids is 2. The Morgan fingerprint density at radius 2 is 1.79 bits per heavy atom. The van der Waals surface area contributed by atoms with Crippen LogP contribution in [-0.2, 0) is 14.4 Å². The van der Waals surface area contributed by atoms with E-state index in [2.05, 4.69) is 17.6 Å². The van der Waals surface area contributed by atoms with Crippen molar-refractivity contribution >= 4 is 17.8 Å². The normalized spacial score (nSPS) is 13.8. The van der Waals surface area contributed by atoms with Gasteiger partial charge in [-0.2, -0.15) is 0 Å². The van der Waals surface area contributed by atoms with Crippen LogP contribution in [0, 0.1) is 5.92 Å². The van der Waals surface area contributed by atoms with E-state index < -0.39 is 18.1 Å². The van der Waals surface area contributed by atoms with Gasteiger partial charge in [-0.3, -0.25) is 9.59 Å². The summed E-state index contributed by atoms with van der Waals surface area (Å²) in [4.78, 5) is 35.6. The summed E-state index contributed by atoms with van der Waals surface area (Å²) in [5.74, 6) is -1.48. The molecule has 7 nitrogen and oxygen atoms in total. The monoisotopic (exact) mass is 395 g/mol. The molecule has 0 aliphatic rings. The fourth-order valence-corrected chi connectivity index (χ4v) is 2.66. The number of carbonyl (C=O) groups is 3. The van der Waals surface area contributed by atoms with E-state index >= 15 is 0 Å². The van der Waals surface area contributed by atoms with Crippen molar-refractivity contribution in [2.24, 2.45) is 11.7 Å². The van der Waals surface area contributed by atoms with E-state index in [-0.39, 0.29) is 17.7 Å². The fourth-order valence-electron chi connectivity index (χ4n) is 2.66. The second-order valence-electron chi connectivity index (χ2n) is 7.33. The third-order valence-electron chi connectivity index (χ3n) is 4.10. The Kier molecular flexibility index (Phi) is 14.6. The van der Waals surface area contributed by atoms with Gasteiger partial charge in [0, 0.05) is 12.1 Å². The largest absolute Gasteiger partial charge is 0.478 e. The third-order valence-corrected chi connectivity index (χ3v) is 4.10. The van der Waals surface area contributed by atoms with Crippen molar-refractivity contribution in [1.82, 2.24) is 10.6 Å². The highest BCUT2D eigenvalue weighted by atomic mass is 16.4. The molecule has 2 amide bonds. The number of nitrogens with two attached hydrogens (primary N) is 1. The topological polar surface area (TPSA) is 122 Å². The lowest BCUT2D eigenvalue weighted by atomic mass is 10.0. The van der Waals surface area contributed by atoms with E-state index in [1.54, 1.807) is 0 Å². The van der Waals surface area contributed by atoms with Crippen LogP contribution in [0.1, 0.15) is 65.7 Å². The summed E-state index contributed by atoms with van der Waals surface area (Å²) in [6.07, 6.45) is 11.6. The SMILES string of the molecule is CCCCC/C=C/C(=O)N[C@@H](CC(C)C)C(=O)N[C@H](/C=C/C(=O)O)CCCN. The zero-order valence-corrected chi connectivity index (χ0v) is 17.4. The van der Waals surface area contributed by atoms with Crippen LogP contribution >= 0.6 is 0 Å². The van der Waals surface area contributed by atoms with Gasteiger partial charge in [0.25, 0.3) is 0 Å². The van der Waals surface area contributed by atoms with Gasteiger partial charge in [0.15, 0.2) is 0 Å². The quantitative estimate of drug-likeness (QED) is 0.251. The molecule has 0 saturated carbocycles. The van der Waals surface area contributed by atoms with Crippen molar-refractivity contribution in [2.45, 2.75) is 77.8 Å². The van der Waals surface area contributed by atoms with Crippen LogP contribution in [0.4, 0.5) is 0 Å². The molecule has 0 aromatic heterocycles. The average Bonchev–Trinajstić information content (AvgIpc) is 2.62. The first-order valence-corrected chi connectivity index (χ1v) is 10.2. The highest BCUT2D eigenvalue weighted by Crippen LogP contribution is 2.07. The molecule has 0 bridgehead atoms. The second-order valence-corrected chi connectivity index (χ2v) is 7.33. The van der Waals surface area contributed by atoms with Gasteiger partial charge in [0.2, 0.25) is 11.8 Å². The fraction of sp³-hybridized carbons (Fsp3) is 0.667. The maximum atomic E-state index is 12.7. The first kappa shape index (κ1) is 25.9. The summed E-state index contributed by atoms with van der Waals surface area (Å²) < 4.78 is 0. The van der Waals surface area contributed by atoms with Gasteiger partial charge in [0.1, 0.15) is 6.04 Å². The van der Waals surface area contributed by atoms with E-state index in [9.17, 15) is 14.4 Å². The minimum absolute atomic E-state index is 0.210. The van der Waals surface area contributed by atoms with Crippen molar-refractivity contribution in [3.05, 3.63) is 24.3 Å². The minimum Gasteiger partial charge on any atom is -0.478 e. The van der Waals surface area contributed by atoms with Gasteiger partial charge in [-0.15, -0.1) is 0 Å². The maximum absolute atomic E-state index is 12.7. The Balaban J connectivity index is 4.91. The maximum Gasteiger partial charge on any atom is 0.328 e. The number of amides is 2. The minimum atomic E-state index is -1.08.